The first-order chi connectivity index (χ1) is 5.49. The van der Waals surface area contributed by atoms with E-state index in [-0.39, 0.29) is 0 Å². The molecule has 5 nitrogen and oxygen atoms in total. The van der Waals surface area contributed by atoms with Gasteiger partial charge in [0.1, 0.15) is 0 Å². The van der Waals surface area contributed by atoms with Gasteiger partial charge in [-0.15, -0.1) is 0 Å². The summed E-state index contributed by atoms with van der Waals surface area (Å²) in [6.07, 6.45) is 2.92. The van der Waals surface area contributed by atoms with Crippen LogP contribution in [0.3, 0.4) is 0 Å². The maximum absolute atomic E-state index is 10.6. The molecule has 1 aromatic heterocycles. The molecule has 1 rings (SSSR count). The minimum absolute atomic E-state index is 0.368. The SMILES string of the molecule is NS(=O)(=O)Nc1ccncc1Br. The molecule has 7 heteroatoms. The van der Waals surface area contributed by atoms with Gasteiger partial charge in [0.15, 0.2) is 0 Å². The van der Waals surface area contributed by atoms with E-state index < -0.39 is 10.2 Å². The monoisotopic (exact) mass is 251 g/mol. The third-order valence-corrected chi connectivity index (χ3v) is 2.16. The van der Waals surface area contributed by atoms with E-state index in [0.29, 0.717) is 10.2 Å². The summed E-state index contributed by atoms with van der Waals surface area (Å²) in [6.45, 7) is 0. The molecule has 0 fully saturated rings. The molecule has 0 aliphatic heterocycles. The molecule has 0 saturated carbocycles. The van der Waals surface area contributed by atoms with Crippen molar-refractivity contribution >= 4 is 31.8 Å². The third-order valence-electron chi connectivity index (χ3n) is 1.02. The Morgan fingerprint density at radius 1 is 1.58 bits per heavy atom. The highest BCUT2D eigenvalue weighted by Crippen LogP contribution is 2.19. The maximum atomic E-state index is 10.6. The van der Waals surface area contributed by atoms with E-state index in [0.717, 1.165) is 0 Å². The normalized spacial score (nSPS) is 11.2. The number of nitrogens with zero attached hydrogens (tertiary/aromatic N) is 1. The quantitative estimate of drug-likeness (QED) is 0.801. The number of anilines is 1. The van der Waals surface area contributed by atoms with Crippen LogP contribution in [0.4, 0.5) is 5.69 Å². The van der Waals surface area contributed by atoms with Crippen LogP contribution < -0.4 is 9.86 Å². The van der Waals surface area contributed by atoms with Crippen molar-refractivity contribution in [3.8, 4) is 0 Å². The molecule has 0 saturated heterocycles. The predicted octanol–water partition coefficient (Wildman–Crippen LogP) is 0.459. The zero-order valence-corrected chi connectivity index (χ0v) is 8.26. The number of rotatable bonds is 2. The number of pyridine rings is 1. The average molecular weight is 252 g/mol. The van der Waals surface area contributed by atoms with Gasteiger partial charge in [-0.1, -0.05) is 0 Å². The van der Waals surface area contributed by atoms with Crippen LogP contribution in [-0.4, -0.2) is 13.4 Å². The van der Waals surface area contributed by atoms with Crippen molar-refractivity contribution in [1.82, 2.24) is 4.98 Å². The van der Waals surface area contributed by atoms with Crippen LogP contribution in [-0.2, 0) is 10.2 Å². The average Bonchev–Trinajstić information content (AvgIpc) is 1.91. The van der Waals surface area contributed by atoms with E-state index in [4.69, 9.17) is 5.14 Å². The van der Waals surface area contributed by atoms with Crippen LogP contribution >= 0.6 is 15.9 Å². The number of hydrogen-bond acceptors (Lipinski definition) is 3. The van der Waals surface area contributed by atoms with Gasteiger partial charge >= 0.3 is 0 Å². The van der Waals surface area contributed by atoms with Crippen molar-refractivity contribution in [2.24, 2.45) is 5.14 Å². The van der Waals surface area contributed by atoms with Crippen LogP contribution in [0.5, 0.6) is 0 Å². The summed E-state index contributed by atoms with van der Waals surface area (Å²) in [7, 11) is -3.71. The lowest BCUT2D eigenvalue weighted by molar-refractivity contribution is 0.603. The smallest absolute Gasteiger partial charge is 0.270 e. The number of nitrogens with one attached hydrogen (secondary N) is 1. The minimum atomic E-state index is -3.71. The lowest BCUT2D eigenvalue weighted by Gasteiger charge is -2.03. The van der Waals surface area contributed by atoms with Crippen LogP contribution in [0.15, 0.2) is 22.9 Å². The standard InChI is InChI=1S/C5H6BrN3O2S/c6-4-3-8-2-1-5(4)9-12(7,10)11/h1-3H,(H,8,9)(H2,7,10,11). The molecule has 12 heavy (non-hydrogen) atoms. The van der Waals surface area contributed by atoms with E-state index in [1.54, 1.807) is 0 Å². The van der Waals surface area contributed by atoms with Gasteiger partial charge in [0, 0.05) is 12.4 Å². The van der Waals surface area contributed by atoms with Crippen LogP contribution in [0.2, 0.25) is 0 Å². The van der Waals surface area contributed by atoms with Crippen molar-refractivity contribution in [1.29, 1.82) is 0 Å². The van der Waals surface area contributed by atoms with Crippen LogP contribution in [0.1, 0.15) is 0 Å². The summed E-state index contributed by atoms with van der Waals surface area (Å²) in [5.41, 5.74) is 0.368. The van der Waals surface area contributed by atoms with Crippen molar-refractivity contribution in [2.45, 2.75) is 0 Å². The van der Waals surface area contributed by atoms with Crippen molar-refractivity contribution in [3.05, 3.63) is 22.9 Å². The van der Waals surface area contributed by atoms with E-state index >= 15 is 0 Å². The molecule has 0 aliphatic rings. The van der Waals surface area contributed by atoms with E-state index in [1.807, 2.05) is 0 Å². The lowest BCUT2D eigenvalue weighted by atomic mass is 10.4. The van der Waals surface area contributed by atoms with Gasteiger partial charge in [-0.05, 0) is 22.0 Å². The Kier molecular flexibility index (Phi) is 2.65. The van der Waals surface area contributed by atoms with Crippen molar-refractivity contribution < 1.29 is 8.42 Å². The first-order valence-corrected chi connectivity index (χ1v) is 5.23. The molecule has 0 aliphatic carbocycles. The Morgan fingerprint density at radius 3 is 2.75 bits per heavy atom. The molecule has 0 unspecified atom stereocenters. The Bertz CT molecular complexity index is 378. The summed E-state index contributed by atoms with van der Waals surface area (Å²) in [5.74, 6) is 0. The second-order valence-corrected chi connectivity index (χ2v) is 4.15. The predicted molar refractivity (Wildman–Crippen MR) is 48.7 cm³/mol. The second-order valence-electron chi connectivity index (χ2n) is 2.00. The zero-order chi connectivity index (χ0) is 9.19. The molecule has 0 spiro atoms. The van der Waals surface area contributed by atoms with Crippen LogP contribution in [0.25, 0.3) is 0 Å². The molecule has 0 amide bonds. The number of nitrogens with two attached hydrogens (primary N) is 1. The first kappa shape index (κ1) is 9.43. The molecule has 1 heterocycles. The summed E-state index contributed by atoms with van der Waals surface area (Å²) in [4.78, 5) is 3.75. The largest absolute Gasteiger partial charge is 0.296 e. The number of halogens is 1. The molecular formula is C5H6BrN3O2S. The molecule has 0 radical (unpaired) electrons. The molecule has 66 valence electrons. The van der Waals surface area contributed by atoms with E-state index in [2.05, 4.69) is 25.6 Å². The maximum Gasteiger partial charge on any atom is 0.296 e. The highest BCUT2D eigenvalue weighted by molar-refractivity contribution is 9.10. The number of aromatic nitrogens is 1. The lowest BCUT2D eigenvalue weighted by Crippen LogP contribution is -2.21. The Labute approximate surface area is 78.3 Å². The molecule has 1 aromatic rings. The van der Waals surface area contributed by atoms with Gasteiger partial charge in [-0.2, -0.15) is 8.42 Å². The topological polar surface area (TPSA) is 85.1 Å². The molecule has 3 N–H and O–H groups in total. The van der Waals surface area contributed by atoms with Gasteiger partial charge in [0.2, 0.25) is 0 Å². The van der Waals surface area contributed by atoms with Crippen molar-refractivity contribution in [3.63, 3.8) is 0 Å². The van der Waals surface area contributed by atoms with E-state index in [1.165, 1.54) is 18.5 Å². The molecule has 0 atom stereocenters. The minimum Gasteiger partial charge on any atom is -0.270 e. The summed E-state index contributed by atoms with van der Waals surface area (Å²) in [6, 6.07) is 1.49. The fourth-order valence-corrected chi connectivity index (χ4v) is 1.58. The Hall–Kier alpha value is -0.660. The fourth-order valence-electron chi connectivity index (χ4n) is 0.611. The number of hydrogen-bond donors (Lipinski definition) is 2. The fraction of sp³-hybridized carbons (Fsp3) is 0. The Balaban J connectivity index is 2.98. The first-order valence-electron chi connectivity index (χ1n) is 2.89. The van der Waals surface area contributed by atoms with Gasteiger partial charge in [-0.3, -0.25) is 9.71 Å². The van der Waals surface area contributed by atoms with Gasteiger partial charge in [-0.25, -0.2) is 5.14 Å². The molecule has 0 aromatic carbocycles. The Morgan fingerprint density at radius 2 is 2.25 bits per heavy atom. The summed E-state index contributed by atoms with van der Waals surface area (Å²) < 4.78 is 23.8. The van der Waals surface area contributed by atoms with Crippen LogP contribution in [0, 0.1) is 0 Å². The highest BCUT2D eigenvalue weighted by Gasteiger charge is 2.04. The molecular weight excluding hydrogens is 246 g/mol. The highest BCUT2D eigenvalue weighted by atomic mass is 79.9. The van der Waals surface area contributed by atoms with Gasteiger partial charge in [0.25, 0.3) is 10.2 Å². The third kappa shape index (κ3) is 2.76. The van der Waals surface area contributed by atoms with Crippen molar-refractivity contribution in [2.75, 3.05) is 4.72 Å². The van der Waals surface area contributed by atoms with Gasteiger partial charge in [0.05, 0.1) is 10.2 Å². The molecule has 0 bridgehead atoms. The second kappa shape index (κ2) is 3.38. The van der Waals surface area contributed by atoms with E-state index in [9.17, 15) is 8.42 Å². The summed E-state index contributed by atoms with van der Waals surface area (Å²) >= 11 is 3.10. The van der Waals surface area contributed by atoms with Gasteiger partial charge < -0.3 is 0 Å². The zero-order valence-electron chi connectivity index (χ0n) is 5.86. The summed E-state index contributed by atoms with van der Waals surface area (Å²) in [5, 5.41) is 4.76.